The van der Waals surface area contributed by atoms with Gasteiger partial charge in [-0.25, -0.2) is 0 Å². The van der Waals surface area contributed by atoms with Crippen molar-refractivity contribution in [2.24, 2.45) is 0 Å². The van der Waals surface area contributed by atoms with Gasteiger partial charge in [0.25, 0.3) is 0 Å². The topological polar surface area (TPSA) is 50.2 Å². The number of carbonyl (C=O) groups excluding carboxylic acids is 1. The van der Waals surface area contributed by atoms with Crippen molar-refractivity contribution in [3.8, 4) is 0 Å². The lowest BCUT2D eigenvalue weighted by Gasteiger charge is -2.20. The third kappa shape index (κ3) is 4.93. The van der Waals surface area contributed by atoms with Crippen LogP contribution >= 0.6 is 0 Å². The van der Waals surface area contributed by atoms with Crippen molar-refractivity contribution >= 4 is 5.91 Å². The molecule has 0 bridgehead atoms. The van der Waals surface area contributed by atoms with E-state index in [0.717, 1.165) is 31.6 Å². The fraction of sp³-hybridized carbons (Fsp3) is 0.444. The first-order valence-electron chi connectivity index (χ1n) is 8.30. The van der Waals surface area contributed by atoms with E-state index in [0.29, 0.717) is 6.54 Å². The summed E-state index contributed by atoms with van der Waals surface area (Å²) in [7, 11) is 0. The average molecular weight is 314 g/mol. The lowest BCUT2D eigenvalue weighted by molar-refractivity contribution is -0.123. The number of carbonyl (C=O) groups is 1. The van der Waals surface area contributed by atoms with Crippen LogP contribution < -0.4 is 5.32 Å². The van der Waals surface area contributed by atoms with Gasteiger partial charge >= 0.3 is 0 Å². The van der Waals surface area contributed by atoms with Crippen LogP contribution in [0.2, 0.25) is 0 Å². The average Bonchev–Trinajstić information content (AvgIpc) is 3.10. The van der Waals surface area contributed by atoms with E-state index < -0.39 is 6.04 Å². The van der Waals surface area contributed by atoms with Crippen molar-refractivity contribution in [2.45, 2.75) is 26.3 Å². The fourth-order valence-electron chi connectivity index (χ4n) is 2.64. The molecule has 1 amide bonds. The second-order valence-corrected chi connectivity index (χ2v) is 5.47. The van der Waals surface area contributed by atoms with Crippen molar-refractivity contribution in [1.82, 2.24) is 20.0 Å². The van der Waals surface area contributed by atoms with Crippen LogP contribution in [-0.4, -0.2) is 46.8 Å². The molecule has 0 spiro atoms. The first kappa shape index (κ1) is 17.2. The van der Waals surface area contributed by atoms with E-state index >= 15 is 0 Å². The molecular weight excluding hydrogens is 288 g/mol. The van der Waals surface area contributed by atoms with Gasteiger partial charge in [0.2, 0.25) is 5.91 Å². The zero-order chi connectivity index (χ0) is 16.5. The fourth-order valence-corrected chi connectivity index (χ4v) is 2.64. The maximum Gasteiger partial charge on any atom is 0.249 e. The molecule has 2 aromatic rings. The molecule has 0 unspecified atom stereocenters. The summed E-state index contributed by atoms with van der Waals surface area (Å²) in [6, 6.07) is 11.2. The van der Waals surface area contributed by atoms with Gasteiger partial charge in [0.05, 0.1) is 0 Å². The van der Waals surface area contributed by atoms with Crippen LogP contribution in [-0.2, 0) is 4.79 Å². The number of hydrogen-bond acceptors (Lipinski definition) is 3. The number of benzene rings is 1. The van der Waals surface area contributed by atoms with Gasteiger partial charge in [-0.15, -0.1) is 0 Å². The van der Waals surface area contributed by atoms with E-state index in [1.807, 2.05) is 42.6 Å². The molecular formula is C18H26N4O. The molecule has 1 aromatic carbocycles. The van der Waals surface area contributed by atoms with Crippen LogP contribution in [0, 0.1) is 0 Å². The lowest BCUT2D eigenvalue weighted by Crippen LogP contribution is -2.35. The molecule has 0 aliphatic carbocycles. The Morgan fingerprint density at radius 1 is 1.22 bits per heavy atom. The Bertz CT molecular complexity index is 564. The quantitative estimate of drug-likeness (QED) is 0.723. The number of aromatic nitrogens is 2. The highest BCUT2D eigenvalue weighted by atomic mass is 16.2. The summed E-state index contributed by atoms with van der Waals surface area (Å²) in [6.45, 7) is 8.09. The first-order chi connectivity index (χ1) is 11.3. The largest absolute Gasteiger partial charge is 0.354 e. The number of hydrogen-bond donors (Lipinski definition) is 1. The molecule has 0 radical (unpaired) electrons. The molecule has 124 valence electrons. The Labute approximate surface area is 138 Å². The molecule has 5 nitrogen and oxygen atoms in total. The van der Waals surface area contributed by atoms with Crippen molar-refractivity contribution in [3.63, 3.8) is 0 Å². The van der Waals surface area contributed by atoms with E-state index in [9.17, 15) is 4.79 Å². The van der Waals surface area contributed by atoms with Gasteiger partial charge in [-0.3, -0.25) is 9.48 Å². The molecule has 1 aromatic heterocycles. The third-order valence-electron chi connectivity index (χ3n) is 4.00. The predicted molar refractivity (Wildman–Crippen MR) is 92.2 cm³/mol. The molecule has 1 atom stereocenters. The van der Waals surface area contributed by atoms with E-state index in [2.05, 4.69) is 29.2 Å². The Kier molecular flexibility index (Phi) is 6.81. The minimum absolute atomic E-state index is 0.0144. The summed E-state index contributed by atoms with van der Waals surface area (Å²) in [6.07, 6.45) is 4.48. The zero-order valence-corrected chi connectivity index (χ0v) is 14.0. The number of nitrogens with one attached hydrogen (secondary N) is 1. The molecule has 5 heteroatoms. The van der Waals surface area contributed by atoms with Gasteiger partial charge in [-0.1, -0.05) is 44.2 Å². The van der Waals surface area contributed by atoms with Crippen molar-refractivity contribution in [3.05, 3.63) is 54.4 Å². The summed E-state index contributed by atoms with van der Waals surface area (Å²) in [5.41, 5.74) is 0.942. The van der Waals surface area contributed by atoms with Crippen LogP contribution in [0.3, 0.4) is 0 Å². The van der Waals surface area contributed by atoms with Crippen LogP contribution in [0.4, 0.5) is 0 Å². The maximum absolute atomic E-state index is 12.6. The van der Waals surface area contributed by atoms with Crippen molar-refractivity contribution < 1.29 is 4.79 Å². The smallest absolute Gasteiger partial charge is 0.249 e. The van der Waals surface area contributed by atoms with Crippen LogP contribution in [0.25, 0.3) is 0 Å². The van der Waals surface area contributed by atoms with E-state index in [1.54, 1.807) is 10.9 Å². The Hall–Kier alpha value is -2.14. The second kappa shape index (κ2) is 9.10. The number of rotatable bonds is 9. The van der Waals surface area contributed by atoms with Crippen LogP contribution in [0.15, 0.2) is 48.8 Å². The molecule has 0 saturated heterocycles. The van der Waals surface area contributed by atoms with E-state index in [1.165, 1.54) is 0 Å². The van der Waals surface area contributed by atoms with E-state index in [-0.39, 0.29) is 5.91 Å². The highest BCUT2D eigenvalue weighted by Gasteiger charge is 2.22. The summed E-state index contributed by atoms with van der Waals surface area (Å²) in [5.74, 6) is -0.0144. The zero-order valence-electron chi connectivity index (χ0n) is 14.0. The molecule has 1 heterocycles. The van der Waals surface area contributed by atoms with Crippen molar-refractivity contribution in [1.29, 1.82) is 0 Å². The minimum Gasteiger partial charge on any atom is -0.354 e. The standard InChI is InChI=1S/C18H26N4O/c1-3-21(4-2)14-8-12-19-18(23)17(22-15-9-13-20-22)16-10-6-5-7-11-16/h5-7,9-11,13,15,17H,3-4,8,12,14H2,1-2H3,(H,19,23)/t17-/m1/s1. The molecule has 0 saturated carbocycles. The predicted octanol–water partition coefficient (Wildman–Crippen LogP) is 2.32. The third-order valence-corrected chi connectivity index (χ3v) is 4.00. The number of amides is 1. The monoisotopic (exact) mass is 314 g/mol. The summed E-state index contributed by atoms with van der Waals surface area (Å²) in [5, 5.41) is 7.29. The molecule has 2 rings (SSSR count). The maximum atomic E-state index is 12.6. The summed E-state index contributed by atoms with van der Waals surface area (Å²) < 4.78 is 1.70. The minimum atomic E-state index is -0.417. The highest BCUT2D eigenvalue weighted by molar-refractivity contribution is 5.83. The highest BCUT2D eigenvalue weighted by Crippen LogP contribution is 2.17. The Balaban J connectivity index is 1.96. The molecule has 23 heavy (non-hydrogen) atoms. The lowest BCUT2D eigenvalue weighted by atomic mass is 10.1. The first-order valence-corrected chi connectivity index (χ1v) is 8.30. The van der Waals surface area contributed by atoms with E-state index in [4.69, 9.17) is 0 Å². The molecule has 0 aliphatic rings. The summed E-state index contributed by atoms with van der Waals surface area (Å²) in [4.78, 5) is 15.0. The molecule has 1 N–H and O–H groups in total. The molecule has 0 fully saturated rings. The Morgan fingerprint density at radius 3 is 2.57 bits per heavy atom. The van der Waals surface area contributed by atoms with Gasteiger partial charge in [0, 0.05) is 18.9 Å². The molecule has 0 aliphatic heterocycles. The van der Waals surface area contributed by atoms with Gasteiger partial charge < -0.3 is 10.2 Å². The second-order valence-electron chi connectivity index (χ2n) is 5.47. The van der Waals surface area contributed by atoms with Gasteiger partial charge in [-0.05, 0) is 37.7 Å². The van der Waals surface area contributed by atoms with Gasteiger partial charge in [0.1, 0.15) is 0 Å². The SMILES string of the molecule is CCN(CC)CCCNC(=O)[C@@H](c1ccccc1)n1cccn1. The number of nitrogens with zero attached hydrogens (tertiary/aromatic N) is 3. The van der Waals surface area contributed by atoms with Crippen LogP contribution in [0.5, 0.6) is 0 Å². The normalized spacial score (nSPS) is 12.3. The van der Waals surface area contributed by atoms with Gasteiger partial charge in [-0.2, -0.15) is 5.10 Å². The summed E-state index contributed by atoms with van der Waals surface area (Å²) >= 11 is 0. The Morgan fingerprint density at radius 2 is 1.96 bits per heavy atom. The van der Waals surface area contributed by atoms with Crippen molar-refractivity contribution in [2.75, 3.05) is 26.2 Å². The van der Waals surface area contributed by atoms with Gasteiger partial charge in [0.15, 0.2) is 6.04 Å². The van der Waals surface area contributed by atoms with Crippen LogP contribution in [0.1, 0.15) is 31.9 Å².